The largest absolute Gasteiger partial charge is 0.468 e. The van der Waals surface area contributed by atoms with E-state index in [1.54, 1.807) is 19.9 Å². The number of benzene rings is 2. The lowest BCUT2D eigenvalue weighted by Crippen LogP contribution is -2.36. The smallest absolute Gasteiger partial charge is 0.337 e. The Morgan fingerprint density at radius 1 is 1.10 bits per heavy atom. The Morgan fingerprint density at radius 2 is 1.85 bits per heavy atom. The van der Waals surface area contributed by atoms with Crippen LogP contribution in [-0.4, -0.2) is 48.2 Å². The van der Waals surface area contributed by atoms with E-state index in [-0.39, 0.29) is 11.3 Å². The number of nitro benzene ring substituents is 1. The number of aliphatic imine (C=N–C) groups is 1. The van der Waals surface area contributed by atoms with E-state index in [0.29, 0.717) is 29.9 Å². The molecule has 2 heterocycles. The second kappa shape index (κ2) is 13.5. The van der Waals surface area contributed by atoms with E-state index in [1.165, 1.54) is 42.2 Å². The third-order valence-corrected chi connectivity index (χ3v) is 8.09. The lowest BCUT2D eigenvalue weighted by molar-refractivity contribution is -0.384. The Labute approximate surface area is 243 Å². The molecular weight excluding hydrogens is 542 g/mol. The first kappa shape index (κ1) is 29.8. The van der Waals surface area contributed by atoms with Crippen molar-refractivity contribution < 1.29 is 24.0 Å². The van der Waals surface area contributed by atoms with Gasteiger partial charge in [-0.15, -0.1) is 11.3 Å². The number of methoxy groups -OCH3 is 1. The van der Waals surface area contributed by atoms with Crippen molar-refractivity contribution in [1.82, 2.24) is 4.90 Å². The van der Waals surface area contributed by atoms with Crippen LogP contribution in [0.1, 0.15) is 48.3 Å². The number of nitro groups is 1. The first-order chi connectivity index (χ1) is 19.7. The predicted octanol–water partition coefficient (Wildman–Crippen LogP) is 6.08. The average molecular weight is 576 g/mol. The number of rotatable bonds is 11. The molecule has 0 N–H and O–H groups in total. The molecule has 0 saturated heterocycles. The normalized spacial score (nSPS) is 17.6. The summed E-state index contributed by atoms with van der Waals surface area (Å²) in [5.74, 6) is -3.01. The molecule has 1 aliphatic rings. The number of thiophene rings is 1. The summed E-state index contributed by atoms with van der Waals surface area (Å²) >= 11 is 1.50. The van der Waals surface area contributed by atoms with Crippen molar-refractivity contribution in [3.05, 3.63) is 109 Å². The molecule has 3 atom stereocenters. The number of carbonyl (C=O) groups excluding carboxylic acids is 2. The molecule has 41 heavy (non-hydrogen) atoms. The fourth-order valence-corrected chi connectivity index (χ4v) is 5.95. The average Bonchev–Trinajstić information content (AvgIpc) is 3.50. The molecule has 2 aromatic carbocycles. The van der Waals surface area contributed by atoms with Crippen molar-refractivity contribution in [2.75, 3.05) is 20.7 Å². The van der Waals surface area contributed by atoms with E-state index in [1.807, 2.05) is 42.8 Å². The van der Waals surface area contributed by atoms with E-state index >= 15 is 0 Å². The first-order valence-electron chi connectivity index (χ1n) is 13.2. The molecule has 10 heteroatoms. The van der Waals surface area contributed by atoms with Gasteiger partial charge in [0.1, 0.15) is 12.0 Å². The van der Waals surface area contributed by atoms with Gasteiger partial charge < -0.3 is 14.4 Å². The topological polar surface area (TPSA) is 111 Å². The SMILES string of the molecule is COC(=O)C1C(C)=NC(C)=C(C(=O)OC(CCN(C)Cc2ccccc2)c2cccs2)C1c1cccc([N+](=O)[O-])c1. The first-order valence-corrected chi connectivity index (χ1v) is 14.1. The summed E-state index contributed by atoms with van der Waals surface area (Å²) in [7, 11) is 3.28. The molecule has 0 amide bonds. The summed E-state index contributed by atoms with van der Waals surface area (Å²) in [4.78, 5) is 45.6. The Morgan fingerprint density at radius 3 is 2.51 bits per heavy atom. The van der Waals surface area contributed by atoms with Gasteiger partial charge in [0, 0.05) is 53.8 Å². The highest BCUT2D eigenvalue weighted by Gasteiger charge is 2.43. The zero-order chi connectivity index (χ0) is 29.5. The molecular formula is C31H33N3O6S. The van der Waals surface area contributed by atoms with Crippen molar-refractivity contribution in [3.63, 3.8) is 0 Å². The number of hydrogen-bond donors (Lipinski definition) is 0. The van der Waals surface area contributed by atoms with Crippen LogP contribution < -0.4 is 0 Å². The number of carbonyl (C=O) groups is 2. The molecule has 0 aliphatic carbocycles. The maximum Gasteiger partial charge on any atom is 0.337 e. The summed E-state index contributed by atoms with van der Waals surface area (Å²) in [5, 5.41) is 13.5. The quantitative estimate of drug-likeness (QED) is 0.155. The van der Waals surface area contributed by atoms with Crippen molar-refractivity contribution >= 4 is 34.7 Å². The van der Waals surface area contributed by atoms with E-state index < -0.39 is 34.8 Å². The highest BCUT2D eigenvalue weighted by atomic mass is 32.1. The predicted molar refractivity (Wildman–Crippen MR) is 158 cm³/mol. The molecule has 3 unspecified atom stereocenters. The molecule has 0 saturated carbocycles. The van der Waals surface area contributed by atoms with Gasteiger partial charge in [0.15, 0.2) is 0 Å². The molecule has 0 bridgehead atoms. The van der Waals surface area contributed by atoms with Gasteiger partial charge in [-0.1, -0.05) is 48.5 Å². The van der Waals surface area contributed by atoms with Crippen LogP contribution in [0.4, 0.5) is 5.69 Å². The van der Waals surface area contributed by atoms with Gasteiger partial charge in [-0.25, -0.2) is 4.79 Å². The maximum absolute atomic E-state index is 14.0. The van der Waals surface area contributed by atoms with Crippen LogP contribution in [0.3, 0.4) is 0 Å². The third-order valence-electron chi connectivity index (χ3n) is 7.12. The van der Waals surface area contributed by atoms with Gasteiger partial charge in [0.2, 0.25) is 0 Å². The van der Waals surface area contributed by atoms with E-state index in [4.69, 9.17) is 9.47 Å². The standard InChI is InChI=1S/C31H33N3O6S/c1-20-27(30(35)39-4)29(23-12-8-13-24(18-23)34(37)38)28(21(2)32-20)31(36)40-25(26-14-9-17-41-26)15-16-33(3)19-22-10-6-5-7-11-22/h5-14,17-18,25,27,29H,15-16,19H2,1-4H3. The summed E-state index contributed by atoms with van der Waals surface area (Å²) in [6, 6.07) is 19.9. The van der Waals surface area contributed by atoms with Gasteiger partial charge in [-0.2, -0.15) is 0 Å². The molecule has 1 aliphatic heterocycles. The summed E-state index contributed by atoms with van der Waals surface area (Å²) in [6.07, 6.45) is 0.0157. The number of esters is 2. The van der Waals surface area contributed by atoms with E-state index in [2.05, 4.69) is 22.0 Å². The molecule has 3 aromatic rings. The van der Waals surface area contributed by atoms with E-state index in [9.17, 15) is 19.7 Å². The lowest BCUT2D eigenvalue weighted by atomic mass is 9.75. The van der Waals surface area contributed by atoms with Crippen molar-refractivity contribution in [2.24, 2.45) is 10.9 Å². The van der Waals surface area contributed by atoms with Gasteiger partial charge >= 0.3 is 11.9 Å². The molecule has 4 rings (SSSR count). The second-order valence-corrected chi connectivity index (χ2v) is 11.0. The summed E-state index contributed by atoms with van der Waals surface area (Å²) in [6.45, 7) is 4.79. The fraction of sp³-hybridized carbons (Fsp3) is 0.323. The monoisotopic (exact) mass is 575 g/mol. The molecule has 1 aromatic heterocycles. The van der Waals surface area contributed by atoms with Crippen molar-refractivity contribution in [3.8, 4) is 0 Å². The number of ether oxygens (including phenoxy) is 2. The highest BCUT2D eigenvalue weighted by molar-refractivity contribution is 7.10. The van der Waals surface area contributed by atoms with Crippen LogP contribution in [-0.2, 0) is 25.6 Å². The van der Waals surface area contributed by atoms with E-state index in [0.717, 1.165) is 11.4 Å². The van der Waals surface area contributed by atoms with Gasteiger partial charge in [-0.05, 0) is 43.5 Å². The molecule has 214 valence electrons. The van der Waals surface area contributed by atoms with Crippen LogP contribution >= 0.6 is 11.3 Å². The highest BCUT2D eigenvalue weighted by Crippen LogP contribution is 2.42. The number of non-ortho nitro benzene ring substituents is 1. The molecule has 0 radical (unpaired) electrons. The molecule has 0 spiro atoms. The molecule has 0 fully saturated rings. The van der Waals surface area contributed by atoms with Crippen LogP contribution in [0.2, 0.25) is 0 Å². The van der Waals surface area contributed by atoms with Gasteiger partial charge in [0.25, 0.3) is 5.69 Å². The van der Waals surface area contributed by atoms with Gasteiger partial charge in [0.05, 0.1) is 17.6 Å². The van der Waals surface area contributed by atoms with Gasteiger partial charge in [-0.3, -0.25) is 19.9 Å². The van der Waals surface area contributed by atoms with Crippen LogP contribution in [0, 0.1) is 16.0 Å². The summed E-state index contributed by atoms with van der Waals surface area (Å²) in [5.41, 5.74) is 2.52. The minimum atomic E-state index is -0.939. The number of nitrogens with zero attached hydrogens (tertiary/aromatic N) is 3. The second-order valence-electron chi connectivity index (χ2n) is 10.0. The Hall–Kier alpha value is -4.15. The lowest BCUT2D eigenvalue weighted by Gasteiger charge is -2.32. The zero-order valence-electron chi connectivity index (χ0n) is 23.5. The maximum atomic E-state index is 14.0. The summed E-state index contributed by atoms with van der Waals surface area (Å²) < 4.78 is 11.2. The Kier molecular flexibility index (Phi) is 9.80. The van der Waals surface area contributed by atoms with Crippen molar-refractivity contribution in [2.45, 2.75) is 38.8 Å². The van der Waals surface area contributed by atoms with Crippen LogP contribution in [0.5, 0.6) is 0 Å². The Bertz CT molecular complexity index is 1450. The minimum Gasteiger partial charge on any atom is -0.468 e. The fourth-order valence-electron chi connectivity index (χ4n) is 5.16. The van der Waals surface area contributed by atoms with Crippen LogP contribution in [0.15, 0.2) is 88.4 Å². The number of allylic oxidation sites excluding steroid dienone is 1. The third kappa shape index (κ3) is 7.14. The minimum absolute atomic E-state index is 0.144. The number of hydrogen-bond acceptors (Lipinski definition) is 9. The molecule has 9 nitrogen and oxygen atoms in total. The van der Waals surface area contributed by atoms with Crippen molar-refractivity contribution in [1.29, 1.82) is 0 Å². The Balaban J connectivity index is 1.64. The van der Waals surface area contributed by atoms with Crippen LogP contribution in [0.25, 0.3) is 0 Å². The zero-order valence-corrected chi connectivity index (χ0v) is 24.3.